The van der Waals surface area contributed by atoms with Crippen molar-refractivity contribution in [3.05, 3.63) is 39.9 Å². The average molecular weight is 363 g/mol. The molecule has 0 heterocycles. The van der Waals surface area contributed by atoms with Gasteiger partial charge in [-0.15, -0.1) is 0 Å². The van der Waals surface area contributed by atoms with Crippen LogP contribution in [-0.2, 0) is 4.79 Å². The molecule has 0 aromatic heterocycles. The summed E-state index contributed by atoms with van der Waals surface area (Å²) in [5.41, 5.74) is 0.505. The number of halogens is 1. The van der Waals surface area contributed by atoms with Crippen LogP contribution in [0.5, 0.6) is 0 Å². The van der Waals surface area contributed by atoms with Gasteiger partial charge in [-0.25, -0.2) is 0 Å². The van der Waals surface area contributed by atoms with E-state index in [1.54, 1.807) is 0 Å². The van der Waals surface area contributed by atoms with E-state index < -0.39 is 16.9 Å². The summed E-state index contributed by atoms with van der Waals surface area (Å²) in [6.07, 6.45) is -0.313. The van der Waals surface area contributed by atoms with Gasteiger partial charge in [0.05, 0.1) is 11.0 Å². The van der Waals surface area contributed by atoms with Crippen molar-refractivity contribution >= 4 is 34.1 Å². The first kappa shape index (κ1) is 15.0. The number of benzene rings is 1. The number of aliphatic hydroxyl groups is 1. The van der Waals surface area contributed by atoms with E-state index in [0.29, 0.717) is 12.0 Å². The van der Waals surface area contributed by atoms with Crippen LogP contribution in [0.1, 0.15) is 25.0 Å². The Bertz CT molecular complexity index is 432. The van der Waals surface area contributed by atoms with Gasteiger partial charge < -0.3 is 5.11 Å². The third kappa shape index (κ3) is 3.74. The van der Waals surface area contributed by atoms with Crippen LogP contribution >= 0.6 is 22.6 Å². The maximum absolute atomic E-state index is 11.5. The first-order valence-electron chi connectivity index (χ1n) is 5.46. The molecule has 0 bridgehead atoms. The number of alkyl halides is 1. The second-order valence-electron chi connectivity index (χ2n) is 3.99. The first-order valence-corrected chi connectivity index (χ1v) is 6.98. The minimum Gasteiger partial charge on any atom is -0.388 e. The van der Waals surface area contributed by atoms with Gasteiger partial charge in [-0.2, -0.15) is 0 Å². The van der Waals surface area contributed by atoms with Crippen LogP contribution in [0, 0.1) is 16.0 Å². The maximum Gasteiger partial charge on any atom is 0.269 e. The lowest BCUT2D eigenvalue weighted by Gasteiger charge is -2.19. The number of nitro groups is 1. The molecule has 0 saturated carbocycles. The van der Waals surface area contributed by atoms with Crippen molar-refractivity contribution in [2.45, 2.75) is 19.4 Å². The Kier molecular flexibility index (Phi) is 5.67. The summed E-state index contributed by atoms with van der Waals surface area (Å²) in [6, 6.07) is 5.65. The fourth-order valence-electron chi connectivity index (χ4n) is 1.73. The van der Waals surface area contributed by atoms with Gasteiger partial charge in [0.1, 0.15) is 5.78 Å². The minimum absolute atomic E-state index is 0.0285. The van der Waals surface area contributed by atoms with Crippen molar-refractivity contribution in [2.75, 3.05) is 4.43 Å². The van der Waals surface area contributed by atoms with Crippen molar-refractivity contribution < 1.29 is 14.8 Å². The van der Waals surface area contributed by atoms with Crippen LogP contribution in [0.4, 0.5) is 5.69 Å². The molecule has 0 spiro atoms. The summed E-state index contributed by atoms with van der Waals surface area (Å²) in [7, 11) is 0. The lowest BCUT2D eigenvalue weighted by Crippen LogP contribution is -2.20. The molecule has 6 heteroatoms. The van der Waals surface area contributed by atoms with Gasteiger partial charge in [0.25, 0.3) is 5.69 Å². The number of hydrogen-bond donors (Lipinski definition) is 1. The Morgan fingerprint density at radius 2 is 2.00 bits per heavy atom. The number of carbonyl (C=O) groups excluding carboxylic acids is 1. The van der Waals surface area contributed by atoms with Gasteiger partial charge in [0.15, 0.2) is 0 Å². The first-order chi connectivity index (χ1) is 8.47. The molecule has 1 rings (SSSR count). The van der Waals surface area contributed by atoms with Gasteiger partial charge >= 0.3 is 0 Å². The number of Topliss-reactive ketones (excluding diaryl/α,β-unsaturated/α-hetero) is 1. The van der Waals surface area contributed by atoms with E-state index in [2.05, 4.69) is 22.6 Å². The molecular weight excluding hydrogens is 349 g/mol. The SMILES string of the molecule is CC(=O)[C@H](CCI)[C@H](O)c1ccc([N+](=O)[O-])cc1. The highest BCUT2D eigenvalue weighted by Gasteiger charge is 2.24. The zero-order valence-electron chi connectivity index (χ0n) is 9.88. The topological polar surface area (TPSA) is 80.4 Å². The molecular formula is C12H14INO4. The minimum atomic E-state index is -0.905. The van der Waals surface area contributed by atoms with E-state index in [1.165, 1.54) is 31.2 Å². The molecule has 98 valence electrons. The summed E-state index contributed by atoms with van der Waals surface area (Å²) in [5.74, 6) is -0.527. The Hall–Kier alpha value is -1.02. The maximum atomic E-state index is 11.5. The third-order valence-electron chi connectivity index (χ3n) is 2.77. The molecule has 0 saturated heterocycles. The van der Waals surface area contributed by atoms with Crippen LogP contribution in [0.2, 0.25) is 0 Å². The normalized spacial score (nSPS) is 13.9. The number of ketones is 1. The monoisotopic (exact) mass is 363 g/mol. The molecule has 0 fully saturated rings. The van der Waals surface area contributed by atoms with Gasteiger partial charge in [-0.1, -0.05) is 22.6 Å². The Morgan fingerprint density at radius 1 is 1.44 bits per heavy atom. The zero-order valence-corrected chi connectivity index (χ0v) is 12.0. The van der Waals surface area contributed by atoms with E-state index in [4.69, 9.17) is 0 Å². The number of carbonyl (C=O) groups is 1. The Morgan fingerprint density at radius 3 is 2.39 bits per heavy atom. The van der Waals surface area contributed by atoms with Crippen LogP contribution in [0.25, 0.3) is 0 Å². The molecule has 1 N–H and O–H groups in total. The number of aliphatic hydroxyl groups excluding tert-OH is 1. The van der Waals surface area contributed by atoms with Crippen LogP contribution in [0.3, 0.4) is 0 Å². The fraction of sp³-hybridized carbons (Fsp3) is 0.417. The van der Waals surface area contributed by atoms with E-state index in [0.717, 1.165) is 4.43 Å². The lowest BCUT2D eigenvalue weighted by atomic mass is 9.90. The summed E-state index contributed by atoms with van der Waals surface area (Å²) in [6.45, 7) is 1.45. The number of rotatable bonds is 6. The molecule has 0 amide bonds. The molecule has 18 heavy (non-hydrogen) atoms. The van der Waals surface area contributed by atoms with Gasteiger partial charge in [-0.3, -0.25) is 14.9 Å². The van der Waals surface area contributed by atoms with Gasteiger partial charge in [0, 0.05) is 22.5 Å². The number of nitrogens with zero attached hydrogens (tertiary/aromatic N) is 1. The van der Waals surface area contributed by atoms with Gasteiger partial charge in [-0.05, 0) is 31.0 Å². The Balaban J connectivity index is 2.91. The standard InChI is InChI=1S/C12H14INO4/c1-8(15)11(6-7-13)12(16)9-2-4-10(5-3-9)14(17)18/h2-5,11-12,16H,6-7H2,1H3/t11-,12+/m0/s1. The highest BCUT2D eigenvalue weighted by molar-refractivity contribution is 14.1. The highest BCUT2D eigenvalue weighted by atomic mass is 127. The predicted octanol–water partition coefficient (Wildman–Crippen LogP) is 2.66. The smallest absolute Gasteiger partial charge is 0.269 e. The second kappa shape index (κ2) is 6.79. The summed E-state index contributed by atoms with van der Waals surface area (Å²) in [5, 5.41) is 20.6. The molecule has 0 aliphatic heterocycles. The van der Waals surface area contributed by atoms with Crippen LogP contribution < -0.4 is 0 Å². The summed E-state index contributed by atoms with van der Waals surface area (Å²) in [4.78, 5) is 21.5. The van der Waals surface area contributed by atoms with E-state index in [9.17, 15) is 20.0 Å². The number of hydrogen-bond acceptors (Lipinski definition) is 4. The second-order valence-corrected chi connectivity index (χ2v) is 5.07. The van der Waals surface area contributed by atoms with E-state index in [-0.39, 0.29) is 11.5 Å². The predicted molar refractivity (Wildman–Crippen MR) is 75.7 cm³/mol. The van der Waals surface area contributed by atoms with Crippen molar-refractivity contribution in [3.63, 3.8) is 0 Å². The van der Waals surface area contributed by atoms with Crippen LogP contribution in [0.15, 0.2) is 24.3 Å². The van der Waals surface area contributed by atoms with E-state index >= 15 is 0 Å². The van der Waals surface area contributed by atoms with Crippen LogP contribution in [-0.4, -0.2) is 20.2 Å². The molecule has 1 aromatic rings. The van der Waals surface area contributed by atoms with Crippen molar-refractivity contribution in [1.29, 1.82) is 0 Å². The van der Waals surface area contributed by atoms with Crippen molar-refractivity contribution in [3.8, 4) is 0 Å². The molecule has 2 atom stereocenters. The molecule has 0 aliphatic rings. The molecule has 1 aromatic carbocycles. The van der Waals surface area contributed by atoms with E-state index in [1.807, 2.05) is 0 Å². The van der Waals surface area contributed by atoms with Crippen molar-refractivity contribution in [1.82, 2.24) is 0 Å². The lowest BCUT2D eigenvalue weighted by molar-refractivity contribution is -0.384. The van der Waals surface area contributed by atoms with Crippen molar-refractivity contribution in [2.24, 2.45) is 5.92 Å². The zero-order chi connectivity index (χ0) is 13.7. The molecule has 5 nitrogen and oxygen atoms in total. The number of non-ortho nitro benzene ring substituents is 1. The molecule has 0 aliphatic carbocycles. The Labute approximate surface area is 118 Å². The highest BCUT2D eigenvalue weighted by Crippen LogP contribution is 2.27. The number of nitro benzene ring substituents is 1. The molecule has 0 unspecified atom stereocenters. The third-order valence-corrected chi connectivity index (χ3v) is 3.39. The molecule has 0 radical (unpaired) electrons. The summed E-state index contributed by atoms with van der Waals surface area (Å²) >= 11 is 2.15. The quantitative estimate of drug-likeness (QED) is 0.365. The fourth-order valence-corrected chi connectivity index (χ4v) is 2.40. The summed E-state index contributed by atoms with van der Waals surface area (Å²) < 4.78 is 0.770. The largest absolute Gasteiger partial charge is 0.388 e. The van der Waals surface area contributed by atoms with Gasteiger partial charge in [0.2, 0.25) is 0 Å². The average Bonchev–Trinajstić information content (AvgIpc) is 2.35.